The van der Waals surface area contributed by atoms with Gasteiger partial charge in [-0.1, -0.05) is 30.3 Å². The molecule has 218 valence electrons. The first-order valence-corrected chi connectivity index (χ1v) is 14.0. The van der Waals surface area contributed by atoms with Gasteiger partial charge in [0.05, 0.1) is 13.1 Å². The number of nitrogens with zero attached hydrogens (tertiary/aromatic N) is 3. The lowest BCUT2D eigenvalue weighted by Gasteiger charge is -2.41. The maximum Gasteiger partial charge on any atom is 0.347 e. The van der Waals surface area contributed by atoms with Crippen molar-refractivity contribution in [3.63, 3.8) is 0 Å². The molecule has 0 aromatic heterocycles. The van der Waals surface area contributed by atoms with Crippen molar-refractivity contribution in [1.82, 2.24) is 20.9 Å². The number of nitrogens with one attached hydrogen (secondary N) is 4. The summed E-state index contributed by atoms with van der Waals surface area (Å²) in [5.41, 5.74) is 14.1. The van der Waals surface area contributed by atoms with Crippen LogP contribution in [0.15, 0.2) is 48.5 Å². The van der Waals surface area contributed by atoms with Gasteiger partial charge in [-0.2, -0.15) is 0 Å². The number of urea groups is 1. The lowest BCUT2D eigenvalue weighted by Crippen LogP contribution is -2.92. The Balaban J connectivity index is 1.17. The summed E-state index contributed by atoms with van der Waals surface area (Å²) in [5.74, 6) is -3.28. The molecule has 14 nitrogen and oxygen atoms in total. The summed E-state index contributed by atoms with van der Waals surface area (Å²) in [7, 11) is 0. The van der Waals surface area contributed by atoms with Crippen LogP contribution in [0.1, 0.15) is 27.9 Å². The van der Waals surface area contributed by atoms with E-state index in [4.69, 9.17) is 11.5 Å². The molecule has 2 fully saturated rings. The minimum absolute atomic E-state index is 0.0526. The van der Waals surface area contributed by atoms with Crippen LogP contribution < -0.4 is 37.3 Å². The number of guanidine groups is 2. The lowest BCUT2D eigenvalue weighted by atomic mass is 9.85. The molecule has 4 aliphatic heterocycles. The molecule has 2 aromatic carbocycles. The molecule has 1 unspecified atom stereocenters. The monoisotopic (exact) mass is 575 g/mol. The molecule has 0 radical (unpaired) electrons. The van der Waals surface area contributed by atoms with Gasteiger partial charge >= 0.3 is 18.0 Å². The summed E-state index contributed by atoms with van der Waals surface area (Å²) in [4.78, 5) is 45.3. The first-order valence-electron chi connectivity index (χ1n) is 14.0. The maximum atomic E-state index is 13.4. The van der Waals surface area contributed by atoms with Crippen LogP contribution in [0, 0.1) is 0 Å². The van der Waals surface area contributed by atoms with Crippen molar-refractivity contribution >= 4 is 35.5 Å². The van der Waals surface area contributed by atoms with E-state index in [1.165, 1.54) is 9.48 Å². The van der Waals surface area contributed by atoms with Gasteiger partial charge in [0.15, 0.2) is 6.04 Å². The second kappa shape index (κ2) is 9.16. The molecule has 4 atom stereocenters. The lowest BCUT2D eigenvalue weighted by molar-refractivity contribution is -0.674. The first-order chi connectivity index (χ1) is 20.1. The molecule has 4 amide bonds. The van der Waals surface area contributed by atoms with E-state index in [1.807, 2.05) is 18.2 Å². The fourth-order valence-corrected chi connectivity index (χ4v) is 7.19. The highest BCUT2D eigenvalue weighted by molar-refractivity contribution is 6.12. The number of rotatable bonds is 5. The molecule has 5 aliphatic rings. The van der Waals surface area contributed by atoms with E-state index in [0.29, 0.717) is 11.3 Å². The summed E-state index contributed by atoms with van der Waals surface area (Å²) >= 11 is 0. The van der Waals surface area contributed by atoms with E-state index >= 15 is 0 Å². The van der Waals surface area contributed by atoms with Gasteiger partial charge in [-0.15, -0.1) is 0 Å². The number of carbonyl (C=O) groups excluding carboxylic acids is 3. The van der Waals surface area contributed by atoms with Crippen LogP contribution in [0.4, 0.5) is 10.5 Å². The van der Waals surface area contributed by atoms with Crippen molar-refractivity contribution in [3.8, 4) is 0 Å². The molecule has 7 rings (SSSR count). The molecule has 4 heterocycles. The van der Waals surface area contributed by atoms with Crippen LogP contribution in [0.2, 0.25) is 0 Å². The molecular formula is C28H33N9O5+2. The van der Waals surface area contributed by atoms with Crippen LogP contribution in [-0.2, 0) is 17.6 Å². The van der Waals surface area contributed by atoms with Gasteiger partial charge in [0, 0.05) is 11.3 Å². The van der Waals surface area contributed by atoms with Crippen molar-refractivity contribution in [1.29, 1.82) is 0 Å². The first kappa shape index (κ1) is 26.2. The Hall–Kier alpha value is -4.69. The quantitative estimate of drug-likeness (QED) is 0.0988. The number of aliphatic hydroxyl groups is 2. The SMILES string of the molecule is NC1=[NH+][C@H]2[C@H](CN3C(=O)CN(c4ccccc4)C3=O)NC(N)=[N+]3CC(NC(=O)c4cccc5c4CCC5)C(O)(O)[C@]23N1. The third-order valence-electron chi connectivity index (χ3n) is 9.15. The third kappa shape index (κ3) is 3.61. The summed E-state index contributed by atoms with van der Waals surface area (Å²) < 4.78 is 1.52. The zero-order valence-corrected chi connectivity index (χ0v) is 22.7. The van der Waals surface area contributed by atoms with Crippen LogP contribution in [0.3, 0.4) is 0 Å². The Morgan fingerprint density at radius 2 is 1.90 bits per heavy atom. The van der Waals surface area contributed by atoms with E-state index in [-0.39, 0.29) is 31.6 Å². The number of nitrogens with two attached hydrogens (primary N) is 2. The van der Waals surface area contributed by atoms with Crippen LogP contribution >= 0.6 is 0 Å². The van der Waals surface area contributed by atoms with Crippen molar-refractivity contribution in [2.75, 3.05) is 24.5 Å². The number of fused-ring (bicyclic) bond motifs is 1. The van der Waals surface area contributed by atoms with Gasteiger partial charge in [0.25, 0.3) is 23.3 Å². The third-order valence-corrected chi connectivity index (χ3v) is 9.15. The largest absolute Gasteiger partial charge is 0.358 e. The van der Waals surface area contributed by atoms with E-state index in [1.54, 1.807) is 30.3 Å². The second-order valence-electron chi connectivity index (χ2n) is 11.4. The fourth-order valence-electron chi connectivity index (χ4n) is 7.19. The minimum atomic E-state index is -2.58. The van der Waals surface area contributed by atoms with Crippen LogP contribution in [0.5, 0.6) is 0 Å². The standard InChI is InChI=1S/C28H31N9O5/c29-24-33-22-19(12-36-21(38)14-35(26(36)40)16-8-2-1-3-9-16)31-25(30)37-13-20(28(41,42)27(22,37)34-24)32-23(39)18-11-5-7-15-6-4-10-17(15)18/h1-3,5,7-9,11,19-20,22,41-42H,4,6,10,12-14H2,(H6,29,30,31,32,33,34,39)/p+2/t19-,20?,22-,27-/m0/s1. The van der Waals surface area contributed by atoms with E-state index in [0.717, 1.165) is 35.3 Å². The predicted molar refractivity (Wildman–Crippen MR) is 149 cm³/mol. The Bertz CT molecular complexity index is 1570. The van der Waals surface area contributed by atoms with Gasteiger partial charge in [-0.25, -0.2) is 14.7 Å². The summed E-state index contributed by atoms with van der Waals surface area (Å²) in [6.45, 7) is -0.313. The molecule has 0 saturated carbocycles. The van der Waals surface area contributed by atoms with Crippen LogP contribution in [0.25, 0.3) is 0 Å². The van der Waals surface area contributed by atoms with Crippen molar-refractivity contribution in [3.05, 3.63) is 65.2 Å². The maximum absolute atomic E-state index is 13.4. The van der Waals surface area contributed by atoms with Gasteiger partial charge < -0.3 is 15.5 Å². The molecule has 2 aromatic rings. The molecule has 42 heavy (non-hydrogen) atoms. The van der Waals surface area contributed by atoms with Crippen molar-refractivity contribution < 1.29 is 34.2 Å². The summed E-state index contributed by atoms with van der Waals surface area (Å²) in [6.07, 6.45) is 2.64. The summed E-state index contributed by atoms with van der Waals surface area (Å²) in [6, 6.07) is 11.1. The zero-order valence-electron chi connectivity index (χ0n) is 22.7. The Labute approximate surface area is 240 Å². The molecule has 0 bridgehead atoms. The normalized spacial score (nSPS) is 29.1. The van der Waals surface area contributed by atoms with Gasteiger partial charge in [0.1, 0.15) is 18.6 Å². The number of hydrogen-bond acceptors (Lipinski definition) is 9. The zero-order chi connectivity index (χ0) is 29.4. The van der Waals surface area contributed by atoms with E-state index in [9.17, 15) is 24.6 Å². The number of para-hydroxylation sites is 1. The van der Waals surface area contributed by atoms with Gasteiger partial charge in [0.2, 0.25) is 0 Å². The van der Waals surface area contributed by atoms with E-state index < -0.39 is 47.4 Å². The highest BCUT2D eigenvalue weighted by Crippen LogP contribution is 2.38. The average molecular weight is 576 g/mol. The number of imide groups is 1. The number of hydrogen-bond donors (Lipinski definition) is 8. The fraction of sp³-hybridized carbons (Fsp3) is 0.393. The predicted octanol–water partition coefficient (Wildman–Crippen LogP) is -4.20. The average Bonchev–Trinajstić information content (AvgIpc) is 3.71. The highest BCUT2D eigenvalue weighted by Gasteiger charge is 2.78. The highest BCUT2D eigenvalue weighted by atomic mass is 16.5. The topological polar surface area (TPSA) is 203 Å². The molecule has 1 spiro atoms. The Morgan fingerprint density at radius 3 is 2.69 bits per heavy atom. The molecule has 14 heteroatoms. The van der Waals surface area contributed by atoms with Crippen molar-refractivity contribution in [2.45, 2.75) is 48.8 Å². The number of anilines is 1. The number of benzene rings is 2. The van der Waals surface area contributed by atoms with Gasteiger partial charge in [-0.05, 0) is 48.6 Å². The summed E-state index contributed by atoms with van der Waals surface area (Å²) in [5, 5.41) is 32.5. The smallest absolute Gasteiger partial charge is 0.347 e. The van der Waals surface area contributed by atoms with Gasteiger partial charge in [-0.3, -0.25) is 41.2 Å². The Morgan fingerprint density at radius 1 is 1.12 bits per heavy atom. The second-order valence-corrected chi connectivity index (χ2v) is 11.4. The molecular weight excluding hydrogens is 542 g/mol. The Kier molecular flexibility index (Phi) is 5.72. The minimum Gasteiger partial charge on any atom is -0.358 e. The van der Waals surface area contributed by atoms with Crippen molar-refractivity contribution in [2.24, 2.45) is 11.5 Å². The molecule has 2 saturated heterocycles. The number of amides is 4. The molecule has 1 aliphatic carbocycles. The molecule has 10 N–H and O–H groups in total. The van der Waals surface area contributed by atoms with E-state index in [2.05, 4.69) is 20.9 Å². The number of carbonyl (C=O) groups is 3. The number of aryl methyl sites for hydroxylation is 1. The van der Waals surface area contributed by atoms with Crippen LogP contribution in [-0.4, -0.2) is 98.7 Å².